The maximum atomic E-state index is 12.3. The van der Waals surface area contributed by atoms with Crippen molar-refractivity contribution in [1.29, 1.82) is 0 Å². The van der Waals surface area contributed by atoms with Crippen LogP contribution in [0.2, 0.25) is 0 Å². The Morgan fingerprint density at radius 3 is 2.50 bits per heavy atom. The summed E-state index contributed by atoms with van der Waals surface area (Å²) in [6.45, 7) is 0.476. The molecule has 0 aliphatic heterocycles. The van der Waals surface area contributed by atoms with Crippen molar-refractivity contribution in [2.45, 2.75) is 38.2 Å². The highest BCUT2D eigenvalue weighted by molar-refractivity contribution is 5.74. The molecule has 0 saturated carbocycles. The minimum atomic E-state index is -0.787. The van der Waals surface area contributed by atoms with Crippen LogP contribution in [0.1, 0.15) is 54.0 Å². The lowest BCUT2D eigenvalue weighted by molar-refractivity contribution is -0.137. The molecule has 0 bridgehead atoms. The molecule has 28 heavy (non-hydrogen) atoms. The van der Waals surface area contributed by atoms with Crippen molar-refractivity contribution < 1.29 is 19.4 Å². The number of carboxylic acids is 1. The van der Waals surface area contributed by atoms with E-state index in [1.54, 1.807) is 0 Å². The van der Waals surface area contributed by atoms with Gasteiger partial charge in [-0.25, -0.2) is 4.79 Å². The van der Waals surface area contributed by atoms with Gasteiger partial charge in [-0.05, 0) is 29.5 Å². The highest BCUT2D eigenvalue weighted by atomic mass is 16.6. The quantitative estimate of drug-likeness (QED) is 0.676. The minimum absolute atomic E-state index is 0.163. The number of fused-ring (bicyclic) bond motifs is 2. The number of alkyl carbamates (subject to hydrolysis) is 1. The van der Waals surface area contributed by atoms with Crippen LogP contribution in [0, 0.1) is 0 Å². The topological polar surface area (TPSA) is 75.6 Å². The second kappa shape index (κ2) is 9.74. The van der Waals surface area contributed by atoms with Gasteiger partial charge in [-0.3, -0.25) is 4.79 Å². The zero-order valence-corrected chi connectivity index (χ0v) is 15.8. The molecule has 1 aliphatic rings. The van der Waals surface area contributed by atoms with E-state index in [9.17, 15) is 9.59 Å². The van der Waals surface area contributed by atoms with Gasteiger partial charge in [0.15, 0.2) is 0 Å². The molecule has 3 rings (SSSR count). The molecule has 2 aromatic rings. The predicted octanol–water partition coefficient (Wildman–Crippen LogP) is 4.83. The molecule has 146 valence electrons. The Morgan fingerprint density at radius 2 is 1.68 bits per heavy atom. The van der Waals surface area contributed by atoms with Gasteiger partial charge in [0.2, 0.25) is 0 Å². The van der Waals surface area contributed by atoms with E-state index in [-0.39, 0.29) is 12.5 Å². The largest absolute Gasteiger partial charge is 0.481 e. The number of carbonyl (C=O) groups excluding carboxylic acids is 1. The van der Waals surface area contributed by atoms with Crippen molar-refractivity contribution in [3.63, 3.8) is 0 Å². The van der Waals surface area contributed by atoms with Gasteiger partial charge in [-0.15, -0.1) is 0 Å². The molecule has 0 heterocycles. The zero-order chi connectivity index (χ0) is 19.8. The highest BCUT2D eigenvalue weighted by Gasteiger charge is 2.21. The number of amides is 1. The summed E-state index contributed by atoms with van der Waals surface area (Å²) in [5, 5.41) is 11.4. The maximum Gasteiger partial charge on any atom is 0.407 e. The van der Waals surface area contributed by atoms with Gasteiger partial charge in [-0.1, -0.05) is 67.1 Å². The van der Waals surface area contributed by atoms with Gasteiger partial charge in [-0.2, -0.15) is 0 Å². The highest BCUT2D eigenvalue weighted by Crippen LogP contribution is 2.31. The van der Waals surface area contributed by atoms with E-state index in [2.05, 4.69) is 29.6 Å². The summed E-state index contributed by atoms with van der Waals surface area (Å²) < 4.78 is 5.78. The molecule has 2 aromatic carbocycles. The monoisotopic (exact) mass is 379 g/mol. The zero-order valence-electron chi connectivity index (χ0n) is 15.8. The SMILES string of the molecule is O=C(O)CCCCCNC(=O)OC1Cc2ccccc2/C=C\c2ccccc21. The number of hydrogen-bond acceptors (Lipinski definition) is 3. The van der Waals surface area contributed by atoms with Crippen molar-refractivity contribution in [1.82, 2.24) is 5.32 Å². The van der Waals surface area contributed by atoms with Gasteiger partial charge in [0.1, 0.15) is 6.10 Å². The first-order valence-electron chi connectivity index (χ1n) is 9.64. The second-order valence-corrected chi connectivity index (χ2v) is 6.89. The minimum Gasteiger partial charge on any atom is -0.481 e. The van der Waals surface area contributed by atoms with Crippen LogP contribution >= 0.6 is 0 Å². The molecule has 0 aromatic heterocycles. The average molecular weight is 379 g/mol. The molecule has 5 nitrogen and oxygen atoms in total. The van der Waals surface area contributed by atoms with Crippen molar-refractivity contribution in [2.24, 2.45) is 0 Å². The standard InChI is InChI=1S/C23H25NO4/c25-22(26)12-2-1-7-15-24-23(27)28-21-16-19-10-4-3-8-17(19)13-14-18-9-5-6-11-20(18)21/h3-6,8-11,13-14,21H,1-2,7,12,15-16H2,(H,24,27)(H,25,26)/b14-13-. The van der Waals surface area contributed by atoms with Crippen LogP contribution in [0.3, 0.4) is 0 Å². The number of carboxylic acid groups (broad SMARTS) is 1. The number of rotatable bonds is 7. The van der Waals surface area contributed by atoms with E-state index in [1.807, 2.05) is 36.4 Å². The third kappa shape index (κ3) is 5.46. The number of hydrogen-bond donors (Lipinski definition) is 2. The second-order valence-electron chi connectivity index (χ2n) is 6.89. The van der Waals surface area contributed by atoms with E-state index in [0.29, 0.717) is 19.4 Å². The number of carbonyl (C=O) groups is 2. The van der Waals surface area contributed by atoms with Crippen LogP contribution in [0.25, 0.3) is 12.2 Å². The van der Waals surface area contributed by atoms with Crippen molar-refractivity contribution >= 4 is 24.2 Å². The summed E-state index contributed by atoms with van der Waals surface area (Å²) in [4.78, 5) is 22.8. The van der Waals surface area contributed by atoms with E-state index in [1.165, 1.54) is 0 Å². The summed E-state index contributed by atoms with van der Waals surface area (Å²) in [6, 6.07) is 16.1. The Kier molecular flexibility index (Phi) is 6.84. The fourth-order valence-electron chi connectivity index (χ4n) is 3.37. The fraction of sp³-hybridized carbons (Fsp3) is 0.304. The van der Waals surface area contributed by atoms with E-state index < -0.39 is 12.1 Å². The predicted molar refractivity (Wildman–Crippen MR) is 109 cm³/mol. The normalized spacial score (nSPS) is 16.1. The molecular formula is C23H25NO4. The average Bonchev–Trinajstić information content (AvgIpc) is 2.68. The van der Waals surface area contributed by atoms with Crippen LogP contribution in [0.4, 0.5) is 4.79 Å². The van der Waals surface area contributed by atoms with Gasteiger partial charge < -0.3 is 15.2 Å². The van der Waals surface area contributed by atoms with E-state index in [0.717, 1.165) is 35.1 Å². The molecule has 1 atom stereocenters. The van der Waals surface area contributed by atoms with Crippen molar-refractivity contribution in [3.8, 4) is 0 Å². The summed E-state index contributed by atoms with van der Waals surface area (Å²) in [5.74, 6) is -0.787. The fourth-order valence-corrected chi connectivity index (χ4v) is 3.37. The molecule has 0 spiro atoms. The number of benzene rings is 2. The maximum absolute atomic E-state index is 12.3. The lowest BCUT2D eigenvalue weighted by Crippen LogP contribution is -2.28. The Hall–Kier alpha value is -3.08. The Labute approximate surface area is 165 Å². The third-order valence-corrected chi connectivity index (χ3v) is 4.83. The summed E-state index contributed by atoms with van der Waals surface area (Å²) in [7, 11) is 0. The Morgan fingerprint density at radius 1 is 0.964 bits per heavy atom. The Balaban J connectivity index is 1.63. The summed E-state index contributed by atoms with van der Waals surface area (Å²) in [5.41, 5.74) is 4.30. The molecule has 0 radical (unpaired) electrons. The van der Waals surface area contributed by atoms with Gasteiger partial charge in [0.25, 0.3) is 0 Å². The van der Waals surface area contributed by atoms with Crippen LogP contribution < -0.4 is 5.32 Å². The van der Waals surface area contributed by atoms with Gasteiger partial charge in [0.05, 0.1) is 0 Å². The van der Waals surface area contributed by atoms with Crippen LogP contribution in [0.15, 0.2) is 48.5 Å². The Bertz CT molecular complexity index is 859. The molecule has 2 N–H and O–H groups in total. The number of aliphatic carboxylic acids is 1. The van der Waals surface area contributed by atoms with Gasteiger partial charge in [0, 0.05) is 24.9 Å². The molecule has 1 amide bonds. The summed E-state index contributed by atoms with van der Waals surface area (Å²) >= 11 is 0. The van der Waals surface area contributed by atoms with Crippen molar-refractivity contribution in [2.75, 3.05) is 6.54 Å². The molecule has 0 fully saturated rings. The third-order valence-electron chi connectivity index (χ3n) is 4.83. The first kappa shape index (κ1) is 19.7. The number of unbranched alkanes of at least 4 members (excludes halogenated alkanes) is 2. The number of nitrogens with one attached hydrogen (secondary N) is 1. The first-order chi connectivity index (χ1) is 13.6. The number of ether oxygens (including phenoxy) is 1. The smallest absolute Gasteiger partial charge is 0.407 e. The van der Waals surface area contributed by atoms with E-state index in [4.69, 9.17) is 9.84 Å². The van der Waals surface area contributed by atoms with Crippen LogP contribution in [-0.2, 0) is 16.0 Å². The molecule has 5 heteroatoms. The van der Waals surface area contributed by atoms with Crippen molar-refractivity contribution in [3.05, 3.63) is 70.8 Å². The molecule has 0 saturated heterocycles. The van der Waals surface area contributed by atoms with Crippen LogP contribution in [-0.4, -0.2) is 23.7 Å². The summed E-state index contributed by atoms with van der Waals surface area (Å²) in [6.07, 6.45) is 6.23. The molecule has 1 unspecified atom stereocenters. The van der Waals surface area contributed by atoms with E-state index >= 15 is 0 Å². The van der Waals surface area contributed by atoms with Gasteiger partial charge >= 0.3 is 12.1 Å². The first-order valence-corrected chi connectivity index (χ1v) is 9.64. The lowest BCUT2D eigenvalue weighted by Gasteiger charge is -2.23. The molecule has 1 aliphatic carbocycles. The lowest BCUT2D eigenvalue weighted by atomic mass is 9.91. The molecular weight excluding hydrogens is 354 g/mol. The van der Waals surface area contributed by atoms with Crippen LogP contribution in [0.5, 0.6) is 0 Å².